The lowest BCUT2D eigenvalue weighted by Crippen LogP contribution is -2.49. The predicted octanol–water partition coefficient (Wildman–Crippen LogP) is -0.0875. The van der Waals surface area contributed by atoms with Crippen LogP contribution < -0.4 is 5.32 Å². The van der Waals surface area contributed by atoms with Gasteiger partial charge in [0, 0.05) is 19.3 Å². The molecule has 1 aromatic heterocycles. The van der Waals surface area contributed by atoms with Crippen molar-refractivity contribution < 1.29 is 14.7 Å². The Kier molecular flexibility index (Phi) is 2.99. The number of carbonyl (C=O) groups is 2. The van der Waals surface area contributed by atoms with Crippen LogP contribution in [-0.4, -0.2) is 27.0 Å². The number of nitrogens with zero attached hydrogens (tertiary/aromatic N) is 2. The van der Waals surface area contributed by atoms with Gasteiger partial charge >= 0.3 is 5.97 Å². The molecule has 0 bridgehead atoms. The normalized spacial score (nSPS) is 14.0. The fourth-order valence-corrected chi connectivity index (χ4v) is 1.14. The van der Waals surface area contributed by atoms with Crippen LogP contribution in [0.3, 0.4) is 0 Å². The van der Waals surface area contributed by atoms with E-state index in [0.717, 1.165) is 0 Å². The first kappa shape index (κ1) is 11.1. The van der Waals surface area contributed by atoms with E-state index in [2.05, 4.69) is 15.3 Å². The molecule has 0 radical (unpaired) electrons. The molecule has 1 atom stereocenters. The summed E-state index contributed by atoms with van der Waals surface area (Å²) >= 11 is 0. The van der Waals surface area contributed by atoms with Crippen LogP contribution in [0.15, 0.2) is 18.6 Å². The van der Waals surface area contributed by atoms with Crippen molar-refractivity contribution in [3.05, 3.63) is 24.3 Å². The summed E-state index contributed by atoms with van der Waals surface area (Å²) in [5.41, 5.74) is -1.35. The van der Waals surface area contributed by atoms with Gasteiger partial charge in [-0.05, 0) is 6.92 Å². The third-order valence-electron chi connectivity index (χ3n) is 1.93. The van der Waals surface area contributed by atoms with Crippen LogP contribution >= 0.6 is 0 Å². The molecule has 0 saturated carbocycles. The first-order valence-corrected chi connectivity index (χ1v) is 4.25. The molecule has 0 fully saturated rings. The Bertz CT molecular complexity index is 379. The van der Waals surface area contributed by atoms with Gasteiger partial charge in [0.15, 0.2) is 5.54 Å². The zero-order valence-electron chi connectivity index (χ0n) is 8.39. The van der Waals surface area contributed by atoms with Crippen molar-refractivity contribution in [3.8, 4) is 0 Å². The van der Waals surface area contributed by atoms with E-state index in [9.17, 15) is 9.59 Å². The highest BCUT2D eigenvalue weighted by Gasteiger charge is 2.37. The van der Waals surface area contributed by atoms with Crippen LogP contribution in [0.25, 0.3) is 0 Å². The van der Waals surface area contributed by atoms with Crippen LogP contribution in [0.4, 0.5) is 0 Å². The second-order valence-corrected chi connectivity index (χ2v) is 3.20. The Labute approximate surface area is 86.4 Å². The van der Waals surface area contributed by atoms with Crippen molar-refractivity contribution in [2.45, 2.75) is 19.4 Å². The second-order valence-electron chi connectivity index (χ2n) is 3.20. The van der Waals surface area contributed by atoms with Crippen molar-refractivity contribution in [2.75, 3.05) is 0 Å². The van der Waals surface area contributed by atoms with E-state index in [0.29, 0.717) is 0 Å². The van der Waals surface area contributed by atoms with Crippen LogP contribution in [0, 0.1) is 0 Å². The van der Waals surface area contributed by atoms with Crippen LogP contribution in [-0.2, 0) is 15.1 Å². The summed E-state index contributed by atoms with van der Waals surface area (Å²) in [6.07, 6.45) is 4.11. The van der Waals surface area contributed by atoms with E-state index >= 15 is 0 Å². The van der Waals surface area contributed by atoms with Crippen molar-refractivity contribution in [3.63, 3.8) is 0 Å². The number of hydrogen-bond acceptors (Lipinski definition) is 4. The first-order chi connectivity index (χ1) is 6.97. The molecule has 1 aromatic rings. The SMILES string of the molecule is CC(=O)NC(C)(C(=O)O)c1cnccn1. The Morgan fingerprint density at radius 3 is 2.53 bits per heavy atom. The lowest BCUT2D eigenvalue weighted by atomic mass is 9.98. The van der Waals surface area contributed by atoms with Gasteiger partial charge in [0.25, 0.3) is 0 Å². The van der Waals surface area contributed by atoms with Crippen molar-refractivity contribution in [1.82, 2.24) is 15.3 Å². The summed E-state index contributed by atoms with van der Waals surface area (Å²) in [6.45, 7) is 2.61. The third-order valence-corrected chi connectivity index (χ3v) is 1.93. The Morgan fingerprint density at radius 1 is 1.47 bits per heavy atom. The molecule has 1 rings (SSSR count). The first-order valence-electron chi connectivity index (χ1n) is 4.25. The fourth-order valence-electron chi connectivity index (χ4n) is 1.14. The van der Waals surface area contributed by atoms with Crippen LogP contribution in [0.1, 0.15) is 19.5 Å². The average Bonchev–Trinajstić information content (AvgIpc) is 2.17. The molecule has 0 aliphatic heterocycles. The van der Waals surface area contributed by atoms with Crippen molar-refractivity contribution >= 4 is 11.9 Å². The molecule has 1 heterocycles. The maximum Gasteiger partial charge on any atom is 0.335 e. The number of carboxylic acid groups (broad SMARTS) is 1. The molecule has 0 aliphatic carbocycles. The minimum Gasteiger partial charge on any atom is -0.479 e. The summed E-state index contributed by atoms with van der Waals surface area (Å²) in [6, 6.07) is 0. The monoisotopic (exact) mass is 209 g/mol. The minimum absolute atomic E-state index is 0.188. The zero-order chi connectivity index (χ0) is 11.5. The summed E-state index contributed by atoms with van der Waals surface area (Å²) < 4.78 is 0. The highest BCUT2D eigenvalue weighted by molar-refractivity contribution is 5.86. The van der Waals surface area contributed by atoms with Gasteiger partial charge in [0.2, 0.25) is 5.91 Å². The summed E-state index contributed by atoms with van der Waals surface area (Å²) in [5.74, 6) is -1.62. The summed E-state index contributed by atoms with van der Waals surface area (Å²) in [7, 11) is 0. The van der Waals surface area contributed by atoms with Crippen molar-refractivity contribution in [2.24, 2.45) is 0 Å². The Hall–Kier alpha value is -1.98. The molecule has 6 heteroatoms. The molecular formula is C9H11N3O3. The maximum absolute atomic E-state index is 11.1. The smallest absolute Gasteiger partial charge is 0.335 e. The van der Waals surface area contributed by atoms with Gasteiger partial charge in [-0.2, -0.15) is 0 Å². The molecule has 0 saturated heterocycles. The van der Waals surface area contributed by atoms with Gasteiger partial charge in [-0.25, -0.2) is 4.79 Å². The Balaban J connectivity index is 3.13. The lowest BCUT2D eigenvalue weighted by Gasteiger charge is -2.24. The fraction of sp³-hybridized carbons (Fsp3) is 0.333. The van der Waals surface area contributed by atoms with Crippen LogP contribution in [0.5, 0.6) is 0 Å². The van der Waals surface area contributed by atoms with Gasteiger partial charge in [0.1, 0.15) is 0 Å². The topological polar surface area (TPSA) is 92.2 Å². The Morgan fingerprint density at radius 2 is 2.13 bits per heavy atom. The van der Waals surface area contributed by atoms with E-state index in [1.807, 2.05) is 0 Å². The van der Waals surface area contributed by atoms with Gasteiger partial charge in [0.05, 0.1) is 11.9 Å². The predicted molar refractivity (Wildman–Crippen MR) is 50.8 cm³/mol. The van der Waals surface area contributed by atoms with E-state index in [4.69, 9.17) is 5.11 Å². The van der Waals surface area contributed by atoms with E-state index in [1.165, 1.54) is 32.4 Å². The molecular weight excluding hydrogens is 198 g/mol. The van der Waals surface area contributed by atoms with Crippen LogP contribution in [0.2, 0.25) is 0 Å². The highest BCUT2D eigenvalue weighted by atomic mass is 16.4. The molecule has 1 unspecified atom stereocenters. The standard InChI is InChI=1S/C9H11N3O3/c1-6(13)12-9(2,8(14)15)7-5-10-3-4-11-7/h3-5H,1-2H3,(H,12,13)(H,14,15). The molecule has 15 heavy (non-hydrogen) atoms. The number of carbonyl (C=O) groups excluding carboxylic acids is 1. The molecule has 0 aliphatic rings. The molecule has 0 aromatic carbocycles. The lowest BCUT2D eigenvalue weighted by molar-refractivity contribution is -0.147. The quantitative estimate of drug-likeness (QED) is 0.725. The third kappa shape index (κ3) is 2.28. The second kappa shape index (κ2) is 4.04. The largest absolute Gasteiger partial charge is 0.479 e. The number of aliphatic carboxylic acids is 1. The number of hydrogen-bond donors (Lipinski definition) is 2. The number of amides is 1. The van der Waals surface area contributed by atoms with Gasteiger partial charge in [-0.1, -0.05) is 0 Å². The minimum atomic E-state index is -1.54. The van der Waals surface area contributed by atoms with E-state index in [-0.39, 0.29) is 5.69 Å². The zero-order valence-corrected chi connectivity index (χ0v) is 8.39. The molecule has 1 amide bonds. The molecule has 0 spiro atoms. The number of nitrogens with one attached hydrogen (secondary N) is 1. The molecule has 6 nitrogen and oxygen atoms in total. The number of carboxylic acids is 1. The maximum atomic E-state index is 11.1. The van der Waals surface area contributed by atoms with Gasteiger partial charge < -0.3 is 10.4 Å². The molecule has 80 valence electrons. The molecule has 2 N–H and O–H groups in total. The number of aromatic nitrogens is 2. The highest BCUT2D eigenvalue weighted by Crippen LogP contribution is 2.17. The summed E-state index contributed by atoms with van der Waals surface area (Å²) in [4.78, 5) is 29.6. The van der Waals surface area contributed by atoms with E-state index < -0.39 is 17.4 Å². The average molecular weight is 209 g/mol. The number of rotatable bonds is 3. The van der Waals surface area contributed by atoms with Crippen molar-refractivity contribution in [1.29, 1.82) is 0 Å². The van der Waals surface area contributed by atoms with E-state index in [1.54, 1.807) is 0 Å². The summed E-state index contributed by atoms with van der Waals surface area (Å²) in [5, 5.41) is 11.4. The van der Waals surface area contributed by atoms with Gasteiger partial charge in [-0.15, -0.1) is 0 Å². The van der Waals surface area contributed by atoms with Gasteiger partial charge in [-0.3, -0.25) is 14.8 Å².